The Kier molecular flexibility index (Phi) is 4.28. The molecule has 0 radical (unpaired) electrons. The average Bonchev–Trinajstić information content (AvgIpc) is 2.17. The molecule has 0 saturated heterocycles. The maximum atomic E-state index is 12.2. The Hall–Kier alpha value is -1.51. The Bertz CT molecular complexity index is 470. The third-order valence-corrected chi connectivity index (χ3v) is 2.97. The first kappa shape index (κ1) is 15.5. The molecule has 0 atom stereocenters. The summed E-state index contributed by atoms with van der Waals surface area (Å²) in [5.74, 6) is -0.0686. The van der Waals surface area contributed by atoms with Crippen LogP contribution in [-0.4, -0.2) is 11.4 Å². The van der Waals surface area contributed by atoms with Gasteiger partial charge >= 0.3 is 0 Å². The molecule has 3 N–H and O–H groups in total. The molecular weight excluding hydrogens is 236 g/mol. The zero-order chi connectivity index (χ0) is 14.8. The molecule has 106 valence electrons. The minimum Gasteiger partial charge on any atom is -0.398 e. The first-order valence-corrected chi connectivity index (χ1v) is 6.69. The van der Waals surface area contributed by atoms with Crippen LogP contribution in [0, 0.1) is 12.3 Å². The number of anilines is 1. The van der Waals surface area contributed by atoms with Crippen molar-refractivity contribution in [1.29, 1.82) is 0 Å². The van der Waals surface area contributed by atoms with Gasteiger partial charge in [0.1, 0.15) is 0 Å². The third-order valence-electron chi connectivity index (χ3n) is 2.97. The largest absolute Gasteiger partial charge is 0.398 e. The number of hydrogen-bond acceptors (Lipinski definition) is 2. The van der Waals surface area contributed by atoms with Gasteiger partial charge < -0.3 is 11.1 Å². The molecule has 0 heterocycles. The molecule has 0 spiro atoms. The van der Waals surface area contributed by atoms with Crippen molar-refractivity contribution in [2.75, 3.05) is 5.73 Å². The number of nitrogen functional groups attached to an aromatic ring is 1. The molecule has 0 aliphatic rings. The van der Waals surface area contributed by atoms with Crippen LogP contribution in [0.25, 0.3) is 0 Å². The van der Waals surface area contributed by atoms with Crippen molar-refractivity contribution in [3.63, 3.8) is 0 Å². The van der Waals surface area contributed by atoms with Gasteiger partial charge in [0.25, 0.3) is 5.91 Å². The summed E-state index contributed by atoms with van der Waals surface area (Å²) in [6.45, 7) is 12.5. The van der Waals surface area contributed by atoms with Crippen LogP contribution in [0.3, 0.4) is 0 Å². The summed E-state index contributed by atoms with van der Waals surface area (Å²) in [6, 6.07) is 5.42. The van der Waals surface area contributed by atoms with Crippen molar-refractivity contribution in [2.45, 2.75) is 53.5 Å². The van der Waals surface area contributed by atoms with Crippen LogP contribution in [0.4, 0.5) is 5.69 Å². The molecule has 0 saturated carbocycles. The minimum atomic E-state index is -0.241. The molecule has 1 aromatic rings. The van der Waals surface area contributed by atoms with Gasteiger partial charge in [0.05, 0.1) is 0 Å². The van der Waals surface area contributed by atoms with E-state index in [4.69, 9.17) is 5.73 Å². The highest BCUT2D eigenvalue weighted by atomic mass is 16.1. The summed E-state index contributed by atoms with van der Waals surface area (Å²) in [4.78, 5) is 12.2. The number of aryl methyl sites for hydroxylation is 1. The molecule has 1 rings (SSSR count). The number of rotatable bonds is 3. The van der Waals surface area contributed by atoms with E-state index in [2.05, 4.69) is 26.1 Å². The van der Waals surface area contributed by atoms with Crippen LogP contribution < -0.4 is 11.1 Å². The Morgan fingerprint density at radius 1 is 1.21 bits per heavy atom. The molecule has 0 aliphatic carbocycles. The molecule has 3 nitrogen and oxygen atoms in total. The van der Waals surface area contributed by atoms with E-state index in [0.717, 1.165) is 12.0 Å². The first-order chi connectivity index (χ1) is 8.50. The monoisotopic (exact) mass is 262 g/mol. The van der Waals surface area contributed by atoms with Crippen molar-refractivity contribution in [3.8, 4) is 0 Å². The van der Waals surface area contributed by atoms with Crippen molar-refractivity contribution in [3.05, 3.63) is 29.3 Å². The van der Waals surface area contributed by atoms with E-state index in [1.165, 1.54) is 0 Å². The fourth-order valence-corrected chi connectivity index (χ4v) is 2.53. The second-order valence-corrected chi connectivity index (χ2v) is 7.15. The fraction of sp³-hybridized carbons (Fsp3) is 0.562. The lowest BCUT2D eigenvalue weighted by Gasteiger charge is -2.33. The van der Waals surface area contributed by atoms with Crippen molar-refractivity contribution < 1.29 is 4.79 Å². The van der Waals surface area contributed by atoms with E-state index in [1.807, 2.05) is 32.9 Å². The molecule has 0 fully saturated rings. The second-order valence-electron chi connectivity index (χ2n) is 7.15. The number of benzene rings is 1. The summed E-state index contributed by atoms with van der Waals surface area (Å²) >= 11 is 0. The zero-order valence-electron chi connectivity index (χ0n) is 12.9. The molecular formula is C16H26N2O. The quantitative estimate of drug-likeness (QED) is 0.819. The summed E-state index contributed by atoms with van der Waals surface area (Å²) in [5.41, 5.74) is 8.03. The SMILES string of the molecule is Cc1ccc(C(=O)NC(C)(C)CC(C)(C)C)cc1N. The lowest BCUT2D eigenvalue weighted by Crippen LogP contribution is -2.45. The first-order valence-electron chi connectivity index (χ1n) is 6.69. The van der Waals surface area contributed by atoms with Crippen LogP contribution in [0.5, 0.6) is 0 Å². The molecule has 3 heteroatoms. The van der Waals surface area contributed by atoms with E-state index < -0.39 is 0 Å². The normalized spacial score (nSPS) is 12.3. The molecule has 0 aliphatic heterocycles. The number of hydrogen-bond donors (Lipinski definition) is 2. The van der Waals surface area contributed by atoms with Gasteiger partial charge in [-0.15, -0.1) is 0 Å². The Morgan fingerprint density at radius 3 is 2.26 bits per heavy atom. The number of amides is 1. The molecule has 19 heavy (non-hydrogen) atoms. The Morgan fingerprint density at radius 2 is 1.79 bits per heavy atom. The maximum Gasteiger partial charge on any atom is 0.251 e. The fourth-order valence-electron chi connectivity index (χ4n) is 2.53. The molecule has 1 aromatic carbocycles. The van der Waals surface area contributed by atoms with Gasteiger partial charge in [-0.1, -0.05) is 26.8 Å². The number of carbonyl (C=O) groups is 1. The number of carbonyl (C=O) groups excluding carboxylic acids is 1. The van der Waals surface area contributed by atoms with Gasteiger partial charge in [0.2, 0.25) is 0 Å². The van der Waals surface area contributed by atoms with Crippen LogP contribution in [0.1, 0.15) is 57.0 Å². The van der Waals surface area contributed by atoms with Crippen LogP contribution in [-0.2, 0) is 0 Å². The zero-order valence-corrected chi connectivity index (χ0v) is 12.9. The van der Waals surface area contributed by atoms with Crippen molar-refractivity contribution in [1.82, 2.24) is 5.32 Å². The Balaban J connectivity index is 2.81. The lowest BCUT2D eigenvalue weighted by molar-refractivity contribution is 0.0891. The molecule has 1 amide bonds. The van der Waals surface area contributed by atoms with E-state index >= 15 is 0 Å². The standard InChI is InChI=1S/C16H26N2O/c1-11-7-8-12(9-13(11)17)14(19)18-16(5,6)10-15(2,3)4/h7-9H,10,17H2,1-6H3,(H,18,19). The summed E-state index contributed by atoms with van der Waals surface area (Å²) < 4.78 is 0. The summed E-state index contributed by atoms with van der Waals surface area (Å²) in [7, 11) is 0. The minimum absolute atomic E-state index is 0.0686. The summed E-state index contributed by atoms with van der Waals surface area (Å²) in [6.07, 6.45) is 0.910. The van der Waals surface area contributed by atoms with Gasteiger partial charge in [-0.3, -0.25) is 4.79 Å². The Labute approximate surface area is 116 Å². The van der Waals surface area contributed by atoms with E-state index in [9.17, 15) is 4.79 Å². The summed E-state index contributed by atoms with van der Waals surface area (Å²) in [5, 5.41) is 3.08. The van der Waals surface area contributed by atoms with Gasteiger partial charge in [-0.2, -0.15) is 0 Å². The third kappa shape index (κ3) is 4.93. The van der Waals surface area contributed by atoms with Gasteiger partial charge in [-0.05, 0) is 50.3 Å². The highest BCUT2D eigenvalue weighted by Gasteiger charge is 2.27. The molecule has 0 bridgehead atoms. The topological polar surface area (TPSA) is 55.1 Å². The van der Waals surface area contributed by atoms with Gasteiger partial charge in [0, 0.05) is 16.8 Å². The highest BCUT2D eigenvalue weighted by molar-refractivity contribution is 5.95. The highest BCUT2D eigenvalue weighted by Crippen LogP contribution is 2.27. The van der Waals surface area contributed by atoms with E-state index in [1.54, 1.807) is 6.07 Å². The van der Waals surface area contributed by atoms with Crippen LogP contribution in [0.2, 0.25) is 0 Å². The van der Waals surface area contributed by atoms with Gasteiger partial charge in [0.15, 0.2) is 0 Å². The number of nitrogens with two attached hydrogens (primary N) is 1. The second kappa shape index (κ2) is 5.24. The van der Waals surface area contributed by atoms with Crippen LogP contribution in [0.15, 0.2) is 18.2 Å². The molecule has 0 aromatic heterocycles. The predicted octanol–water partition coefficient (Wildman–Crippen LogP) is 3.52. The van der Waals surface area contributed by atoms with Gasteiger partial charge in [-0.25, -0.2) is 0 Å². The predicted molar refractivity (Wildman–Crippen MR) is 81.2 cm³/mol. The van der Waals surface area contributed by atoms with Crippen molar-refractivity contribution in [2.24, 2.45) is 5.41 Å². The van der Waals surface area contributed by atoms with E-state index in [0.29, 0.717) is 11.3 Å². The lowest BCUT2D eigenvalue weighted by atomic mass is 9.81. The van der Waals surface area contributed by atoms with Crippen LogP contribution >= 0.6 is 0 Å². The molecule has 0 unspecified atom stereocenters. The van der Waals surface area contributed by atoms with Crippen molar-refractivity contribution >= 4 is 11.6 Å². The van der Waals surface area contributed by atoms with E-state index in [-0.39, 0.29) is 16.9 Å². The number of nitrogens with one attached hydrogen (secondary N) is 1. The average molecular weight is 262 g/mol. The maximum absolute atomic E-state index is 12.2. The smallest absolute Gasteiger partial charge is 0.251 e.